The van der Waals surface area contributed by atoms with Gasteiger partial charge in [0.05, 0.1) is 6.42 Å². The summed E-state index contributed by atoms with van der Waals surface area (Å²) in [5, 5.41) is 0. The number of benzene rings is 2. The molecule has 1 aliphatic heterocycles. The zero-order chi connectivity index (χ0) is 18.4. The normalized spacial score (nSPS) is 12.2. The van der Waals surface area contributed by atoms with E-state index in [-0.39, 0.29) is 13.0 Å². The van der Waals surface area contributed by atoms with Crippen LogP contribution in [0, 0.1) is 5.82 Å². The Hall–Kier alpha value is -3.29. The highest BCUT2D eigenvalue weighted by atomic mass is 19.1. The first-order chi connectivity index (χ1) is 12.6. The second-order valence-electron chi connectivity index (χ2n) is 5.49. The highest BCUT2D eigenvalue weighted by Crippen LogP contribution is 2.30. The lowest BCUT2D eigenvalue weighted by molar-refractivity contribution is -0.129. The summed E-state index contributed by atoms with van der Waals surface area (Å²) in [5.74, 6) is 0.268. The minimum atomic E-state index is -0.537. The van der Waals surface area contributed by atoms with Gasteiger partial charge in [-0.25, -0.2) is 4.39 Å². The van der Waals surface area contributed by atoms with Crippen LogP contribution in [-0.2, 0) is 16.0 Å². The fourth-order valence-electron chi connectivity index (χ4n) is 2.28. The Balaban J connectivity index is 1.42. The summed E-state index contributed by atoms with van der Waals surface area (Å²) < 4.78 is 28.8. The van der Waals surface area contributed by atoms with Gasteiger partial charge in [-0.2, -0.15) is 0 Å². The molecular formula is C18H17FN2O5. The van der Waals surface area contributed by atoms with Gasteiger partial charge in [-0.1, -0.05) is 6.07 Å². The van der Waals surface area contributed by atoms with Crippen LogP contribution in [0.15, 0.2) is 42.5 Å². The molecule has 0 unspecified atom stereocenters. The molecule has 0 spiro atoms. The molecule has 1 heterocycles. The summed E-state index contributed by atoms with van der Waals surface area (Å²) in [6.45, 7) is 0.654. The molecule has 8 heteroatoms. The Bertz CT molecular complexity index is 795. The van der Waals surface area contributed by atoms with Gasteiger partial charge in [-0.3, -0.25) is 20.4 Å². The number of carbonyl (C=O) groups excluding carboxylic acids is 2. The van der Waals surface area contributed by atoms with Crippen molar-refractivity contribution >= 4 is 11.8 Å². The molecule has 26 heavy (non-hydrogen) atoms. The molecule has 2 amide bonds. The van der Waals surface area contributed by atoms with E-state index in [0.717, 1.165) is 5.56 Å². The van der Waals surface area contributed by atoms with Crippen molar-refractivity contribution in [2.75, 3.05) is 19.8 Å². The third kappa shape index (κ3) is 4.85. The van der Waals surface area contributed by atoms with E-state index >= 15 is 0 Å². The number of amides is 2. The molecule has 0 saturated carbocycles. The van der Waals surface area contributed by atoms with Crippen molar-refractivity contribution in [2.45, 2.75) is 6.42 Å². The van der Waals surface area contributed by atoms with Gasteiger partial charge in [-0.15, -0.1) is 0 Å². The minimum Gasteiger partial charge on any atom is -0.486 e. The van der Waals surface area contributed by atoms with Gasteiger partial charge in [0.15, 0.2) is 18.1 Å². The van der Waals surface area contributed by atoms with Crippen LogP contribution in [0.3, 0.4) is 0 Å². The summed E-state index contributed by atoms with van der Waals surface area (Å²) in [6.07, 6.45) is 0.0652. The molecule has 7 nitrogen and oxygen atoms in total. The predicted molar refractivity (Wildman–Crippen MR) is 89.3 cm³/mol. The largest absolute Gasteiger partial charge is 0.486 e. The molecule has 0 radical (unpaired) electrons. The Labute approximate surface area is 149 Å². The third-order valence-electron chi connectivity index (χ3n) is 3.50. The average Bonchev–Trinajstić information content (AvgIpc) is 2.66. The quantitative estimate of drug-likeness (QED) is 0.787. The van der Waals surface area contributed by atoms with E-state index in [2.05, 4.69) is 10.9 Å². The molecule has 0 aliphatic carbocycles. The molecule has 1 aliphatic rings. The monoisotopic (exact) mass is 360 g/mol. The van der Waals surface area contributed by atoms with E-state index in [9.17, 15) is 14.0 Å². The van der Waals surface area contributed by atoms with Crippen LogP contribution in [-0.4, -0.2) is 31.6 Å². The zero-order valence-electron chi connectivity index (χ0n) is 13.8. The maximum Gasteiger partial charge on any atom is 0.276 e. The molecular weight excluding hydrogens is 343 g/mol. The van der Waals surface area contributed by atoms with E-state index in [1.165, 1.54) is 24.3 Å². The van der Waals surface area contributed by atoms with Crippen LogP contribution in [0.1, 0.15) is 5.56 Å². The van der Waals surface area contributed by atoms with Gasteiger partial charge in [0.25, 0.3) is 5.91 Å². The van der Waals surface area contributed by atoms with Crippen LogP contribution < -0.4 is 25.1 Å². The lowest BCUT2D eigenvalue weighted by Crippen LogP contribution is -2.44. The number of rotatable bonds is 5. The topological polar surface area (TPSA) is 85.9 Å². The molecule has 0 saturated heterocycles. The first-order valence-corrected chi connectivity index (χ1v) is 7.95. The third-order valence-corrected chi connectivity index (χ3v) is 3.50. The van der Waals surface area contributed by atoms with Crippen LogP contribution in [0.4, 0.5) is 4.39 Å². The van der Waals surface area contributed by atoms with Crippen LogP contribution in [0.5, 0.6) is 17.2 Å². The molecule has 2 aromatic carbocycles. The summed E-state index contributed by atoms with van der Waals surface area (Å²) >= 11 is 0. The maximum atomic E-state index is 12.8. The number of hydrogen-bond acceptors (Lipinski definition) is 5. The highest BCUT2D eigenvalue weighted by molar-refractivity contribution is 5.84. The molecule has 3 rings (SSSR count). The van der Waals surface area contributed by atoms with Crippen LogP contribution in [0.25, 0.3) is 0 Å². The van der Waals surface area contributed by atoms with Crippen molar-refractivity contribution in [1.82, 2.24) is 10.9 Å². The molecule has 0 fully saturated rings. The maximum absolute atomic E-state index is 12.8. The fourth-order valence-corrected chi connectivity index (χ4v) is 2.28. The fraction of sp³-hybridized carbons (Fsp3) is 0.222. The van der Waals surface area contributed by atoms with Crippen molar-refractivity contribution in [3.8, 4) is 17.2 Å². The summed E-state index contributed by atoms with van der Waals surface area (Å²) in [4.78, 5) is 23.6. The number of carbonyl (C=O) groups is 2. The number of nitrogens with one attached hydrogen (secondary N) is 2. The van der Waals surface area contributed by atoms with Crippen LogP contribution in [0.2, 0.25) is 0 Å². The first-order valence-electron chi connectivity index (χ1n) is 7.95. The van der Waals surface area contributed by atoms with E-state index in [0.29, 0.717) is 30.5 Å². The average molecular weight is 360 g/mol. The molecule has 136 valence electrons. The Kier molecular flexibility index (Phi) is 5.52. The standard InChI is InChI=1S/C18H17FN2O5/c19-13-2-4-14(5-3-13)26-11-18(23)21-20-17(22)10-12-1-6-15-16(9-12)25-8-7-24-15/h1-6,9H,7-8,10-11H2,(H,20,22)(H,21,23). The first kappa shape index (κ1) is 17.5. The lowest BCUT2D eigenvalue weighted by Gasteiger charge is -2.18. The zero-order valence-corrected chi connectivity index (χ0v) is 13.8. The van der Waals surface area contributed by atoms with Crippen molar-refractivity contribution in [1.29, 1.82) is 0 Å². The second kappa shape index (κ2) is 8.19. The van der Waals surface area contributed by atoms with E-state index in [4.69, 9.17) is 14.2 Å². The summed E-state index contributed by atoms with van der Waals surface area (Å²) in [7, 11) is 0. The number of hydrogen-bond donors (Lipinski definition) is 2. The van der Waals surface area contributed by atoms with Gasteiger partial charge < -0.3 is 14.2 Å². The second-order valence-corrected chi connectivity index (χ2v) is 5.49. The Morgan fingerprint density at radius 1 is 0.962 bits per heavy atom. The van der Waals surface area contributed by atoms with Crippen molar-refractivity contribution in [3.63, 3.8) is 0 Å². The van der Waals surface area contributed by atoms with Crippen molar-refractivity contribution < 1.29 is 28.2 Å². The molecule has 2 aromatic rings. The van der Waals surface area contributed by atoms with E-state index in [1.54, 1.807) is 18.2 Å². The number of halogens is 1. The molecule has 2 N–H and O–H groups in total. The lowest BCUT2D eigenvalue weighted by atomic mass is 10.1. The highest BCUT2D eigenvalue weighted by Gasteiger charge is 2.13. The molecule has 0 aromatic heterocycles. The van der Waals surface area contributed by atoms with Crippen molar-refractivity contribution in [3.05, 3.63) is 53.8 Å². The van der Waals surface area contributed by atoms with Crippen molar-refractivity contribution in [2.24, 2.45) is 0 Å². The van der Waals surface area contributed by atoms with E-state index < -0.39 is 17.6 Å². The van der Waals surface area contributed by atoms with Gasteiger partial charge >= 0.3 is 0 Å². The molecule has 0 atom stereocenters. The predicted octanol–water partition coefficient (Wildman–Crippen LogP) is 1.37. The van der Waals surface area contributed by atoms with Gasteiger partial charge in [-0.05, 0) is 42.0 Å². The number of fused-ring (bicyclic) bond motifs is 1. The van der Waals surface area contributed by atoms with Gasteiger partial charge in [0, 0.05) is 0 Å². The summed E-state index contributed by atoms with van der Waals surface area (Å²) in [5.41, 5.74) is 5.28. The number of hydrazine groups is 1. The number of ether oxygens (including phenoxy) is 3. The Morgan fingerprint density at radius 2 is 1.65 bits per heavy atom. The van der Waals surface area contributed by atoms with Gasteiger partial charge in [0.1, 0.15) is 24.8 Å². The van der Waals surface area contributed by atoms with Crippen LogP contribution >= 0.6 is 0 Å². The minimum absolute atomic E-state index is 0.0652. The molecule has 0 bridgehead atoms. The SMILES string of the molecule is O=C(COc1ccc(F)cc1)NNC(=O)Cc1ccc2c(c1)OCCO2. The van der Waals surface area contributed by atoms with Gasteiger partial charge in [0.2, 0.25) is 5.91 Å². The van der Waals surface area contributed by atoms with E-state index in [1.807, 2.05) is 0 Å². The smallest absolute Gasteiger partial charge is 0.276 e. The summed E-state index contributed by atoms with van der Waals surface area (Å²) in [6, 6.07) is 10.5. The Morgan fingerprint density at radius 3 is 2.42 bits per heavy atom.